The number of hydrogen-bond acceptors (Lipinski definition) is 6. The molecule has 6 nitrogen and oxygen atoms in total. The predicted octanol–water partition coefficient (Wildman–Crippen LogP) is 8.97. The van der Waals surface area contributed by atoms with Crippen molar-refractivity contribution < 1.29 is 28.3 Å². The molecule has 1 saturated heterocycles. The predicted molar refractivity (Wildman–Crippen MR) is 193 cm³/mol. The summed E-state index contributed by atoms with van der Waals surface area (Å²) >= 11 is 0. The molecule has 1 heterocycles. The molecule has 0 spiro atoms. The molecule has 0 saturated carbocycles. The Morgan fingerprint density at radius 1 is 0.468 bits per heavy atom. The van der Waals surface area contributed by atoms with Gasteiger partial charge in [0.25, 0.3) is 0 Å². The minimum absolute atomic E-state index is 0.475. The highest BCUT2D eigenvalue weighted by Gasteiger charge is 2.51. The van der Waals surface area contributed by atoms with Crippen LogP contribution in [-0.2, 0) is 9.31 Å². The molecule has 8 aromatic carbocycles. The monoisotopic (exact) mass is 622 g/mol. The fourth-order valence-corrected chi connectivity index (χ4v) is 7.96. The van der Waals surface area contributed by atoms with E-state index in [4.69, 9.17) is 28.3 Å². The maximum absolute atomic E-state index is 6.62. The third-order valence-corrected chi connectivity index (χ3v) is 10.9. The fourth-order valence-electron chi connectivity index (χ4n) is 7.96. The normalized spacial score (nSPS) is 16.2. The first-order valence-corrected chi connectivity index (χ1v) is 16.0. The van der Waals surface area contributed by atoms with E-state index in [9.17, 15) is 0 Å². The van der Waals surface area contributed by atoms with E-state index in [0.717, 1.165) is 76.9 Å². The van der Waals surface area contributed by atoms with Gasteiger partial charge in [0.2, 0.25) is 0 Å². The molecule has 1 aliphatic rings. The van der Waals surface area contributed by atoms with Crippen molar-refractivity contribution in [2.24, 2.45) is 0 Å². The molecule has 234 valence electrons. The van der Waals surface area contributed by atoms with Crippen molar-refractivity contribution >= 4 is 88.0 Å². The molecule has 0 aliphatic carbocycles. The molecule has 7 heteroatoms. The molecule has 0 aromatic heterocycles. The van der Waals surface area contributed by atoms with Gasteiger partial charge < -0.3 is 28.3 Å². The summed E-state index contributed by atoms with van der Waals surface area (Å²) in [6, 6.07) is 23.9. The number of fused-ring (bicyclic) bond motifs is 6. The lowest BCUT2D eigenvalue weighted by Gasteiger charge is -2.32. The zero-order chi connectivity index (χ0) is 32.6. The molecule has 1 fully saturated rings. The molecule has 0 bridgehead atoms. The first kappa shape index (κ1) is 28.5. The van der Waals surface area contributed by atoms with Gasteiger partial charge in [0.15, 0.2) is 0 Å². The Hall–Kier alpha value is -4.72. The van der Waals surface area contributed by atoms with Gasteiger partial charge in [0.1, 0.15) is 23.0 Å². The molecular formula is C40H35BO6. The first-order chi connectivity index (χ1) is 22.6. The zero-order valence-electron chi connectivity index (χ0n) is 27.9. The minimum atomic E-state index is -0.528. The second-order valence-electron chi connectivity index (χ2n) is 13.8. The highest BCUT2D eigenvalue weighted by atomic mass is 16.7. The standard InChI is InChI=1S/C40H35BO6/c1-39(2)40(3,4)47-41(46-39)22-12-21-14-30-35-27(16-23(42-5)18-31(35)44-7)25-11-9-10-20-13-29-36-28(17-24(43-6)19-32(36)45-8)26(15-22)34(21)38(29)37(30)33(20)25/h9-19H,1-8H3. The molecular weight excluding hydrogens is 587 g/mol. The molecule has 0 amide bonds. The lowest BCUT2D eigenvalue weighted by atomic mass is 9.75. The minimum Gasteiger partial charge on any atom is -0.497 e. The second kappa shape index (κ2) is 9.43. The number of hydrogen-bond donors (Lipinski definition) is 0. The van der Waals surface area contributed by atoms with Crippen LogP contribution in [0.4, 0.5) is 0 Å². The van der Waals surface area contributed by atoms with Gasteiger partial charge in [-0.15, -0.1) is 0 Å². The summed E-state index contributed by atoms with van der Waals surface area (Å²) in [6.45, 7) is 8.36. The summed E-state index contributed by atoms with van der Waals surface area (Å²) < 4.78 is 37.0. The molecule has 0 radical (unpaired) electrons. The van der Waals surface area contributed by atoms with E-state index in [1.165, 1.54) is 26.9 Å². The van der Waals surface area contributed by atoms with Gasteiger partial charge in [-0.05, 0) is 122 Å². The summed E-state index contributed by atoms with van der Waals surface area (Å²) in [4.78, 5) is 0. The van der Waals surface area contributed by atoms with Crippen molar-refractivity contribution in [3.8, 4) is 23.0 Å². The molecule has 1 aliphatic heterocycles. The van der Waals surface area contributed by atoms with Crippen LogP contribution < -0.4 is 24.4 Å². The molecule has 8 aromatic rings. The smallest absolute Gasteiger partial charge is 0.494 e. The molecule has 0 unspecified atom stereocenters. The van der Waals surface area contributed by atoms with E-state index in [0.29, 0.717) is 0 Å². The Balaban J connectivity index is 1.57. The number of benzene rings is 8. The lowest BCUT2D eigenvalue weighted by molar-refractivity contribution is 0.00578. The third-order valence-electron chi connectivity index (χ3n) is 10.9. The number of ether oxygens (including phenoxy) is 4. The first-order valence-electron chi connectivity index (χ1n) is 16.0. The highest BCUT2D eigenvalue weighted by Crippen LogP contribution is 2.53. The Bertz CT molecular complexity index is 2570. The van der Waals surface area contributed by atoms with Crippen molar-refractivity contribution in [1.82, 2.24) is 0 Å². The second-order valence-corrected chi connectivity index (χ2v) is 13.8. The SMILES string of the molecule is COc1cc(OC)c2c(c1)c1cccc3cc4c5c(OC)cc(OC)cc5c5cc(B6OC(C)(C)C(C)(C)O6)cc6cc2c(c31)c4c65. The van der Waals surface area contributed by atoms with Crippen molar-refractivity contribution in [3.63, 3.8) is 0 Å². The average Bonchev–Trinajstić information content (AvgIpc) is 3.30. The van der Waals surface area contributed by atoms with Crippen LogP contribution in [0.15, 0.2) is 66.7 Å². The third kappa shape index (κ3) is 3.64. The largest absolute Gasteiger partial charge is 0.497 e. The van der Waals surface area contributed by atoms with E-state index in [-0.39, 0.29) is 0 Å². The maximum atomic E-state index is 6.62. The maximum Gasteiger partial charge on any atom is 0.494 e. The summed E-state index contributed by atoms with van der Waals surface area (Å²) in [5.74, 6) is 3.04. The average molecular weight is 623 g/mol. The van der Waals surface area contributed by atoms with Crippen LogP contribution in [0.1, 0.15) is 27.7 Å². The van der Waals surface area contributed by atoms with Gasteiger partial charge in [0, 0.05) is 22.9 Å². The summed E-state index contributed by atoms with van der Waals surface area (Å²) in [6.07, 6.45) is 0. The molecule has 0 atom stereocenters. The van der Waals surface area contributed by atoms with Gasteiger partial charge in [0.05, 0.1) is 39.6 Å². The van der Waals surface area contributed by atoms with Crippen LogP contribution in [0, 0.1) is 0 Å². The number of methoxy groups -OCH3 is 4. The van der Waals surface area contributed by atoms with Crippen LogP contribution in [0.2, 0.25) is 0 Å². The van der Waals surface area contributed by atoms with E-state index in [1.807, 2.05) is 12.1 Å². The lowest BCUT2D eigenvalue weighted by Crippen LogP contribution is -2.41. The highest BCUT2D eigenvalue weighted by molar-refractivity contribution is 6.63. The Kier molecular flexibility index (Phi) is 5.72. The quantitative estimate of drug-likeness (QED) is 0.109. The van der Waals surface area contributed by atoms with E-state index in [2.05, 4.69) is 82.3 Å². The van der Waals surface area contributed by atoms with E-state index < -0.39 is 18.3 Å². The Morgan fingerprint density at radius 3 is 1.53 bits per heavy atom. The topological polar surface area (TPSA) is 55.4 Å². The van der Waals surface area contributed by atoms with Gasteiger partial charge in [-0.2, -0.15) is 0 Å². The molecule has 47 heavy (non-hydrogen) atoms. The van der Waals surface area contributed by atoms with E-state index in [1.54, 1.807) is 28.4 Å². The summed E-state index contributed by atoms with van der Waals surface area (Å²) in [7, 11) is 6.32. The van der Waals surface area contributed by atoms with Crippen molar-refractivity contribution in [2.45, 2.75) is 38.9 Å². The summed E-state index contributed by atoms with van der Waals surface area (Å²) in [5.41, 5.74) is 0.0163. The van der Waals surface area contributed by atoms with Crippen LogP contribution in [0.5, 0.6) is 23.0 Å². The van der Waals surface area contributed by atoms with Crippen LogP contribution in [0.3, 0.4) is 0 Å². The van der Waals surface area contributed by atoms with Gasteiger partial charge in [-0.1, -0.05) is 30.3 Å². The van der Waals surface area contributed by atoms with Crippen molar-refractivity contribution in [2.75, 3.05) is 28.4 Å². The van der Waals surface area contributed by atoms with Gasteiger partial charge in [-0.3, -0.25) is 0 Å². The van der Waals surface area contributed by atoms with Crippen molar-refractivity contribution in [1.29, 1.82) is 0 Å². The molecule has 9 rings (SSSR count). The Labute approximate surface area is 272 Å². The number of rotatable bonds is 5. The molecule has 0 N–H and O–H groups in total. The van der Waals surface area contributed by atoms with Crippen LogP contribution >= 0.6 is 0 Å². The van der Waals surface area contributed by atoms with Crippen LogP contribution in [0.25, 0.3) is 75.4 Å². The zero-order valence-corrected chi connectivity index (χ0v) is 27.9. The fraction of sp³-hybridized carbons (Fsp3) is 0.250. The van der Waals surface area contributed by atoms with Gasteiger partial charge in [-0.25, -0.2) is 0 Å². The van der Waals surface area contributed by atoms with Gasteiger partial charge >= 0.3 is 7.12 Å². The van der Waals surface area contributed by atoms with Crippen LogP contribution in [-0.4, -0.2) is 46.8 Å². The van der Waals surface area contributed by atoms with E-state index >= 15 is 0 Å². The Morgan fingerprint density at radius 2 is 0.979 bits per heavy atom. The van der Waals surface area contributed by atoms with Crippen molar-refractivity contribution in [3.05, 3.63) is 66.7 Å². The summed E-state index contributed by atoms with van der Waals surface area (Å²) in [5, 5.41) is 15.9.